The highest BCUT2D eigenvalue weighted by Gasteiger charge is 2.16. The van der Waals surface area contributed by atoms with Crippen LogP contribution in [0.1, 0.15) is 29.6 Å². The summed E-state index contributed by atoms with van der Waals surface area (Å²) >= 11 is 0. The minimum absolute atomic E-state index is 0.00572. The van der Waals surface area contributed by atoms with E-state index in [0.29, 0.717) is 0 Å². The normalized spacial score (nSPS) is 10.0. The minimum atomic E-state index is -1.00. The lowest BCUT2D eigenvalue weighted by Crippen LogP contribution is -2.02. The lowest BCUT2D eigenvalue weighted by molar-refractivity contribution is -0.385. The Morgan fingerprint density at radius 2 is 1.94 bits per heavy atom. The molecular formula is C11H11NO6. The van der Waals surface area contributed by atoms with E-state index in [0.717, 1.165) is 12.1 Å². The van der Waals surface area contributed by atoms with Gasteiger partial charge in [0.25, 0.3) is 0 Å². The summed E-state index contributed by atoms with van der Waals surface area (Å²) in [7, 11) is 0. The molecular weight excluding hydrogens is 242 g/mol. The molecule has 0 spiro atoms. The third kappa shape index (κ3) is 3.55. The summed E-state index contributed by atoms with van der Waals surface area (Å²) < 4.78 is 0. The second-order valence-electron chi connectivity index (χ2n) is 3.63. The van der Waals surface area contributed by atoms with Crippen LogP contribution in [0.4, 0.5) is 5.69 Å². The molecule has 0 radical (unpaired) electrons. The first-order valence-electron chi connectivity index (χ1n) is 5.14. The minimum Gasteiger partial charge on any atom is -0.502 e. The zero-order valence-corrected chi connectivity index (χ0v) is 9.33. The summed E-state index contributed by atoms with van der Waals surface area (Å²) in [4.78, 5) is 31.7. The number of nitro benzene ring substituents is 1. The number of hydrogen-bond donors (Lipinski definition) is 2. The van der Waals surface area contributed by atoms with Crippen molar-refractivity contribution in [1.29, 1.82) is 0 Å². The topological polar surface area (TPSA) is 118 Å². The Kier molecular flexibility index (Phi) is 4.36. The van der Waals surface area contributed by atoms with Gasteiger partial charge in [-0.25, -0.2) is 0 Å². The van der Waals surface area contributed by atoms with E-state index in [-0.39, 0.29) is 30.6 Å². The number of nitro groups is 1. The third-order valence-corrected chi connectivity index (χ3v) is 2.29. The molecule has 0 aliphatic rings. The van der Waals surface area contributed by atoms with E-state index < -0.39 is 22.3 Å². The number of Topliss-reactive ketones (excluding diaryl/α,β-unsaturated/α-hetero) is 1. The van der Waals surface area contributed by atoms with Gasteiger partial charge in [0.15, 0.2) is 11.5 Å². The van der Waals surface area contributed by atoms with Crippen molar-refractivity contribution in [3.63, 3.8) is 0 Å². The fourth-order valence-electron chi connectivity index (χ4n) is 1.39. The Hall–Kier alpha value is -2.44. The van der Waals surface area contributed by atoms with E-state index in [1.165, 1.54) is 6.07 Å². The number of benzene rings is 1. The van der Waals surface area contributed by atoms with Crippen LogP contribution in [-0.2, 0) is 4.79 Å². The number of phenolic OH excluding ortho intramolecular Hbond substituents is 1. The van der Waals surface area contributed by atoms with Crippen LogP contribution in [0.15, 0.2) is 18.2 Å². The molecule has 0 aromatic heterocycles. The maximum absolute atomic E-state index is 11.6. The van der Waals surface area contributed by atoms with Gasteiger partial charge in [-0.15, -0.1) is 0 Å². The standard InChI is InChI=1S/C11H11NO6/c13-9(2-1-3-11(15)16)7-4-5-10(14)8(6-7)12(17)18/h4-6,14H,1-3H2,(H,15,16). The number of phenols is 1. The number of ketones is 1. The average Bonchev–Trinajstić information content (AvgIpc) is 2.28. The van der Waals surface area contributed by atoms with Gasteiger partial charge >= 0.3 is 11.7 Å². The molecule has 96 valence electrons. The van der Waals surface area contributed by atoms with Crippen LogP contribution in [0.5, 0.6) is 5.75 Å². The molecule has 1 rings (SSSR count). The van der Waals surface area contributed by atoms with E-state index >= 15 is 0 Å². The Labute approximate surface area is 102 Å². The van der Waals surface area contributed by atoms with Crippen LogP contribution in [0.25, 0.3) is 0 Å². The first-order chi connectivity index (χ1) is 8.41. The SMILES string of the molecule is O=C(O)CCCC(=O)c1ccc(O)c([N+](=O)[O-])c1. The molecule has 18 heavy (non-hydrogen) atoms. The number of carbonyl (C=O) groups is 2. The Morgan fingerprint density at radius 1 is 1.28 bits per heavy atom. The molecule has 0 fully saturated rings. The van der Waals surface area contributed by atoms with Crippen LogP contribution >= 0.6 is 0 Å². The number of aromatic hydroxyl groups is 1. The molecule has 0 atom stereocenters. The maximum Gasteiger partial charge on any atom is 0.311 e. The fourth-order valence-corrected chi connectivity index (χ4v) is 1.39. The van der Waals surface area contributed by atoms with Gasteiger partial charge in [0.05, 0.1) is 4.92 Å². The quantitative estimate of drug-likeness (QED) is 0.453. The second kappa shape index (κ2) is 5.76. The Morgan fingerprint density at radius 3 is 2.50 bits per heavy atom. The molecule has 2 N–H and O–H groups in total. The number of rotatable bonds is 6. The van der Waals surface area contributed by atoms with Gasteiger partial charge in [0.2, 0.25) is 0 Å². The van der Waals surface area contributed by atoms with Crippen molar-refractivity contribution >= 4 is 17.4 Å². The molecule has 1 aromatic rings. The highest BCUT2D eigenvalue weighted by molar-refractivity contribution is 5.97. The van der Waals surface area contributed by atoms with Crippen molar-refractivity contribution in [2.45, 2.75) is 19.3 Å². The number of carbonyl (C=O) groups excluding carboxylic acids is 1. The van der Waals surface area contributed by atoms with Gasteiger partial charge in [-0.3, -0.25) is 19.7 Å². The van der Waals surface area contributed by atoms with E-state index in [1.54, 1.807) is 0 Å². The van der Waals surface area contributed by atoms with Crippen molar-refractivity contribution < 1.29 is 24.7 Å². The zero-order chi connectivity index (χ0) is 13.7. The Balaban J connectivity index is 2.77. The van der Waals surface area contributed by atoms with Crippen LogP contribution in [0.2, 0.25) is 0 Å². The zero-order valence-electron chi connectivity index (χ0n) is 9.33. The molecule has 0 saturated carbocycles. The number of aliphatic carboxylic acids is 1. The number of nitrogens with zero attached hydrogens (tertiary/aromatic N) is 1. The summed E-state index contributed by atoms with van der Waals surface area (Å²) in [6.07, 6.45) is 0.0307. The molecule has 0 amide bonds. The van der Waals surface area contributed by atoms with E-state index in [2.05, 4.69) is 0 Å². The summed E-state index contributed by atoms with van der Waals surface area (Å²) in [5.74, 6) is -1.90. The smallest absolute Gasteiger partial charge is 0.311 e. The average molecular weight is 253 g/mol. The maximum atomic E-state index is 11.6. The summed E-state index contributed by atoms with van der Waals surface area (Å²) in [6.45, 7) is 0. The van der Waals surface area contributed by atoms with Gasteiger partial charge in [0.1, 0.15) is 0 Å². The molecule has 0 aliphatic carbocycles. The molecule has 0 heterocycles. The molecule has 0 bridgehead atoms. The summed E-state index contributed by atoms with van der Waals surface area (Å²) in [5.41, 5.74) is -0.455. The van der Waals surface area contributed by atoms with Crippen molar-refractivity contribution in [3.05, 3.63) is 33.9 Å². The number of carboxylic acid groups (broad SMARTS) is 1. The van der Waals surface area contributed by atoms with E-state index in [9.17, 15) is 24.8 Å². The van der Waals surface area contributed by atoms with E-state index in [4.69, 9.17) is 5.11 Å². The van der Waals surface area contributed by atoms with Crippen LogP contribution < -0.4 is 0 Å². The molecule has 0 saturated heterocycles. The van der Waals surface area contributed by atoms with Gasteiger partial charge < -0.3 is 10.2 Å². The molecule has 0 aliphatic heterocycles. The summed E-state index contributed by atoms with van der Waals surface area (Å²) in [6, 6.07) is 3.33. The van der Waals surface area contributed by atoms with Gasteiger partial charge in [-0.2, -0.15) is 0 Å². The molecule has 0 unspecified atom stereocenters. The fraction of sp³-hybridized carbons (Fsp3) is 0.273. The summed E-state index contributed by atoms with van der Waals surface area (Å²) in [5, 5.41) is 28.2. The first kappa shape index (κ1) is 13.6. The molecule has 1 aromatic carbocycles. The van der Waals surface area contributed by atoms with Crippen molar-refractivity contribution in [1.82, 2.24) is 0 Å². The second-order valence-corrected chi connectivity index (χ2v) is 3.63. The predicted molar refractivity (Wildman–Crippen MR) is 60.6 cm³/mol. The third-order valence-electron chi connectivity index (χ3n) is 2.29. The molecule has 7 nitrogen and oxygen atoms in total. The number of hydrogen-bond acceptors (Lipinski definition) is 5. The monoisotopic (exact) mass is 253 g/mol. The lowest BCUT2D eigenvalue weighted by atomic mass is 10.0. The largest absolute Gasteiger partial charge is 0.502 e. The highest BCUT2D eigenvalue weighted by atomic mass is 16.6. The number of carboxylic acids is 1. The van der Waals surface area contributed by atoms with Gasteiger partial charge in [0, 0.05) is 24.5 Å². The van der Waals surface area contributed by atoms with Crippen molar-refractivity contribution in [2.75, 3.05) is 0 Å². The lowest BCUT2D eigenvalue weighted by Gasteiger charge is -2.01. The van der Waals surface area contributed by atoms with Crippen LogP contribution in [0, 0.1) is 10.1 Å². The van der Waals surface area contributed by atoms with Crippen LogP contribution in [-0.4, -0.2) is 26.9 Å². The Bertz CT molecular complexity index is 496. The highest BCUT2D eigenvalue weighted by Crippen LogP contribution is 2.26. The van der Waals surface area contributed by atoms with Crippen molar-refractivity contribution in [3.8, 4) is 5.75 Å². The van der Waals surface area contributed by atoms with Crippen molar-refractivity contribution in [2.24, 2.45) is 0 Å². The first-order valence-corrected chi connectivity index (χ1v) is 5.14. The van der Waals surface area contributed by atoms with Crippen LogP contribution in [0.3, 0.4) is 0 Å². The van der Waals surface area contributed by atoms with Gasteiger partial charge in [-0.1, -0.05) is 0 Å². The predicted octanol–water partition coefficient (Wildman–Crippen LogP) is 1.74. The van der Waals surface area contributed by atoms with Gasteiger partial charge in [-0.05, 0) is 18.6 Å². The van der Waals surface area contributed by atoms with E-state index in [1.807, 2.05) is 0 Å². The molecule has 7 heteroatoms.